The van der Waals surface area contributed by atoms with Crippen molar-refractivity contribution in [2.75, 3.05) is 16.4 Å². The number of nitrogens with zero attached hydrogens (tertiary/aromatic N) is 4. The number of ether oxygens (including phenoxy) is 1. The first-order valence-corrected chi connectivity index (χ1v) is 14.5. The van der Waals surface area contributed by atoms with Crippen molar-refractivity contribution in [3.63, 3.8) is 0 Å². The summed E-state index contributed by atoms with van der Waals surface area (Å²) < 4.78 is 7.46. The number of hydrogen-bond acceptors (Lipinski definition) is 5. The lowest BCUT2D eigenvalue weighted by Gasteiger charge is -2.43. The van der Waals surface area contributed by atoms with Gasteiger partial charge in [0.15, 0.2) is 0 Å². The fourth-order valence-corrected chi connectivity index (χ4v) is 5.83. The van der Waals surface area contributed by atoms with Crippen LogP contribution in [0.15, 0.2) is 79.1 Å². The fraction of sp³-hybridized carbons (Fsp3) is 0.273. The predicted octanol–water partition coefficient (Wildman–Crippen LogP) is 6.55. The van der Waals surface area contributed by atoms with Crippen LogP contribution < -0.4 is 14.5 Å². The zero-order chi connectivity index (χ0) is 30.7. The molecule has 4 aromatic rings. The van der Waals surface area contributed by atoms with Crippen molar-refractivity contribution in [3.05, 3.63) is 107 Å². The van der Waals surface area contributed by atoms with Gasteiger partial charge in [-0.25, -0.2) is 9.78 Å². The average Bonchev–Trinajstić information content (AvgIpc) is 3.36. The lowest BCUT2D eigenvalue weighted by molar-refractivity contribution is -0.117. The van der Waals surface area contributed by atoms with Gasteiger partial charge >= 0.3 is 5.97 Å². The molecule has 0 saturated heterocycles. The largest absolute Gasteiger partial charge is 0.494 e. The quantitative estimate of drug-likeness (QED) is 0.219. The van der Waals surface area contributed by atoms with E-state index < -0.39 is 5.97 Å². The highest BCUT2D eigenvalue weighted by Gasteiger charge is 2.38. The monoisotopic (exact) mass is 600 g/mol. The van der Waals surface area contributed by atoms with Crippen LogP contribution in [0.1, 0.15) is 64.8 Å². The summed E-state index contributed by atoms with van der Waals surface area (Å²) in [6, 6.07) is 21.5. The van der Waals surface area contributed by atoms with E-state index in [1.807, 2.05) is 43.3 Å². The molecule has 0 bridgehead atoms. The Morgan fingerprint density at radius 3 is 2.42 bits per heavy atom. The first-order chi connectivity index (χ1) is 20.7. The zero-order valence-electron chi connectivity index (χ0n) is 24.2. The van der Waals surface area contributed by atoms with Crippen molar-refractivity contribution >= 4 is 40.8 Å². The first-order valence-electron chi connectivity index (χ1n) is 14.1. The van der Waals surface area contributed by atoms with Gasteiger partial charge in [-0.15, -0.1) is 0 Å². The number of anilines is 2. The van der Waals surface area contributed by atoms with Crippen molar-refractivity contribution in [1.29, 1.82) is 0 Å². The summed E-state index contributed by atoms with van der Waals surface area (Å²) in [6.07, 6.45) is 2.68. The van der Waals surface area contributed by atoms with Crippen molar-refractivity contribution in [3.8, 4) is 5.75 Å². The number of para-hydroxylation sites is 1. The van der Waals surface area contributed by atoms with E-state index >= 15 is 0 Å². The van der Waals surface area contributed by atoms with Crippen LogP contribution in [0, 0.1) is 6.92 Å². The Morgan fingerprint density at radius 2 is 1.74 bits per heavy atom. The molecule has 0 spiro atoms. The zero-order valence-corrected chi connectivity index (χ0v) is 25.0. The van der Waals surface area contributed by atoms with Gasteiger partial charge in [-0.1, -0.05) is 29.8 Å². The molecule has 1 N–H and O–H groups in total. The second-order valence-electron chi connectivity index (χ2n) is 10.6. The van der Waals surface area contributed by atoms with Crippen LogP contribution in [0.25, 0.3) is 0 Å². The normalized spacial score (nSPS) is 16.0. The van der Waals surface area contributed by atoms with Crippen molar-refractivity contribution in [2.45, 2.75) is 52.2 Å². The standard InChI is InChI=1S/C33H33ClN4O5/c1-21-19-30(38(23(3)39)26-13-11-25(34)12-14-26)28-7-4-5-8-29(28)37(21)32(40)24-9-15-27(16-10-24)43-18-6-17-36-20-35-22(2)31(36)33(41)42/h4-5,7-16,20-21,30H,6,17-19H2,1-3H3,(H,41,42)/t21-,30+/m0/s1. The van der Waals surface area contributed by atoms with Gasteiger partial charge in [0.1, 0.15) is 11.4 Å². The smallest absolute Gasteiger partial charge is 0.354 e. The SMILES string of the molecule is CC(=O)N(c1ccc(Cl)cc1)[C@@H]1C[C@H](C)N(C(=O)c2ccc(OCCCn3cnc(C)c3C(=O)O)cc2)c2ccccc21. The Hall–Kier alpha value is -4.63. The number of amides is 2. The number of halogens is 1. The van der Waals surface area contributed by atoms with Crippen LogP contribution in [0.4, 0.5) is 11.4 Å². The highest BCUT2D eigenvalue weighted by Crippen LogP contribution is 2.43. The van der Waals surface area contributed by atoms with E-state index in [1.54, 1.807) is 64.6 Å². The minimum atomic E-state index is -1.00. The molecule has 43 heavy (non-hydrogen) atoms. The molecule has 1 aromatic heterocycles. The van der Waals surface area contributed by atoms with Gasteiger partial charge < -0.3 is 24.2 Å². The Bertz CT molecular complexity index is 1630. The predicted molar refractivity (Wildman–Crippen MR) is 165 cm³/mol. The number of carbonyl (C=O) groups is 3. The number of carboxylic acid groups (broad SMARTS) is 1. The Kier molecular flexibility index (Phi) is 8.82. The number of hydrogen-bond donors (Lipinski definition) is 1. The Balaban J connectivity index is 1.29. The highest BCUT2D eigenvalue weighted by atomic mass is 35.5. The summed E-state index contributed by atoms with van der Waals surface area (Å²) in [5.41, 5.74) is 3.61. The number of carbonyl (C=O) groups excluding carboxylic acids is 2. The summed E-state index contributed by atoms with van der Waals surface area (Å²) in [5, 5.41) is 9.97. The van der Waals surface area contributed by atoms with Crippen LogP contribution in [0.5, 0.6) is 5.75 Å². The third-order valence-electron chi connectivity index (χ3n) is 7.67. The number of fused-ring (bicyclic) bond motifs is 1. The number of aromatic carboxylic acids is 1. The van der Waals surface area contributed by atoms with Crippen LogP contribution in [0.3, 0.4) is 0 Å². The first kappa shape index (κ1) is 29.8. The maximum Gasteiger partial charge on any atom is 0.354 e. The maximum absolute atomic E-state index is 13.8. The molecule has 0 radical (unpaired) electrons. The van der Waals surface area contributed by atoms with E-state index in [0.717, 1.165) is 16.9 Å². The van der Waals surface area contributed by atoms with Gasteiger partial charge in [0.05, 0.1) is 24.7 Å². The molecule has 9 nitrogen and oxygen atoms in total. The van der Waals surface area contributed by atoms with Gasteiger partial charge in [-0.3, -0.25) is 9.59 Å². The van der Waals surface area contributed by atoms with E-state index in [0.29, 0.717) is 48.0 Å². The highest BCUT2D eigenvalue weighted by molar-refractivity contribution is 6.30. The number of rotatable bonds is 9. The molecule has 0 aliphatic carbocycles. The summed E-state index contributed by atoms with van der Waals surface area (Å²) >= 11 is 6.10. The molecule has 10 heteroatoms. The minimum Gasteiger partial charge on any atom is -0.494 e. The van der Waals surface area contributed by atoms with E-state index in [2.05, 4.69) is 4.98 Å². The molecule has 0 unspecified atom stereocenters. The number of imidazole rings is 1. The summed E-state index contributed by atoms with van der Waals surface area (Å²) in [7, 11) is 0. The van der Waals surface area contributed by atoms with E-state index in [9.17, 15) is 19.5 Å². The summed E-state index contributed by atoms with van der Waals surface area (Å²) in [4.78, 5) is 45.8. The van der Waals surface area contributed by atoms with Gasteiger partial charge in [0.2, 0.25) is 5.91 Å². The van der Waals surface area contributed by atoms with Crippen molar-refractivity contribution < 1.29 is 24.2 Å². The third-order valence-corrected chi connectivity index (χ3v) is 7.92. The number of aromatic nitrogens is 2. The van der Waals surface area contributed by atoms with Crippen LogP contribution in [-0.2, 0) is 11.3 Å². The molecule has 0 saturated carbocycles. The van der Waals surface area contributed by atoms with Gasteiger partial charge in [0.25, 0.3) is 5.91 Å². The minimum absolute atomic E-state index is 0.0906. The van der Waals surface area contributed by atoms with Gasteiger partial charge in [-0.05, 0) is 86.8 Å². The third kappa shape index (κ3) is 6.27. The molecular formula is C33H33ClN4O5. The molecule has 5 rings (SSSR count). The molecule has 3 aromatic carbocycles. The molecule has 2 atom stereocenters. The topological polar surface area (TPSA) is 105 Å². The van der Waals surface area contributed by atoms with Crippen LogP contribution in [-0.4, -0.2) is 45.1 Å². The average molecular weight is 601 g/mol. The molecule has 2 amide bonds. The lowest BCUT2D eigenvalue weighted by atomic mass is 9.89. The molecule has 1 aliphatic heterocycles. The fourth-order valence-electron chi connectivity index (χ4n) is 5.71. The molecule has 0 fully saturated rings. The lowest BCUT2D eigenvalue weighted by Crippen LogP contribution is -2.47. The Morgan fingerprint density at radius 1 is 1.05 bits per heavy atom. The van der Waals surface area contributed by atoms with E-state index in [1.165, 1.54) is 6.33 Å². The molecule has 222 valence electrons. The van der Waals surface area contributed by atoms with Crippen molar-refractivity contribution in [1.82, 2.24) is 9.55 Å². The van der Waals surface area contributed by atoms with E-state index in [4.69, 9.17) is 16.3 Å². The second kappa shape index (κ2) is 12.7. The number of aryl methyl sites for hydroxylation is 2. The molecular weight excluding hydrogens is 568 g/mol. The summed E-state index contributed by atoms with van der Waals surface area (Å²) in [6.45, 7) is 6.06. The van der Waals surface area contributed by atoms with Crippen molar-refractivity contribution in [2.24, 2.45) is 0 Å². The van der Waals surface area contributed by atoms with E-state index in [-0.39, 0.29) is 29.6 Å². The van der Waals surface area contributed by atoms with Crippen LogP contribution in [0.2, 0.25) is 5.02 Å². The molecule has 2 heterocycles. The summed E-state index contributed by atoms with van der Waals surface area (Å²) in [5.74, 6) is -0.617. The van der Waals surface area contributed by atoms with Gasteiger partial charge in [0, 0.05) is 41.5 Å². The second-order valence-corrected chi connectivity index (χ2v) is 11.0. The Labute approximate surface area is 255 Å². The number of carboxylic acids is 1. The maximum atomic E-state index is 13.8. The molecule has 1 aliphatic rings. The van der Waals surface area contributed by atoms with Crippen LogP contribution >= 0.6 is 11.6 Å². The van der Waals surface area contributed by atoms with Gasteiger partial charge in [-0.2, -0.15) is 0 Å². The number of benzene rings is 3.